The number of fused-ring (bicyclic) bond motifs is 2. The molecule has 0 saturated heterocycles. The number of hydrogen-bond acceptors (Lipinski definition) is 7. The number of benzene rings is 3. The predicted molar refractivity (Wildman–Crippen MR) is 104 cm³/mol. The number of esters is 1. The van der Waals surface area contributed by atoms with Crippen molar-refractivity contribution >= 4 is 27.3 Å². The van der Waals surface area contributed by atoms with Gasteiger partial charge in [0.25, 0.3) is 5.69 Å². The van der Waals surface area contributed by atoms with Gasteiger partial charge in [-0.1, -0.05) is 12.1 Å². The molecule has 1 aliphatic rings. The van der Waals surface area contributed by atoms with Crippen LogP contribution in [0, 0.1) is 10.1 Å². The molecule has 0 fully saturated rings. The van der Waals surface area contributed by atoms with Gasteiger partial charge < -0.3 is 4.74 Å². The summed E-state index contributed by atoms with van der Waals surface area (Å²) in [6, 6.07) is 15.2. The zero-order valence-corrected chi connectivity index (χ0v) is 16.1. The maximum absolute atomic E-state index is 12.9. The third kappa shape index (κ3) is 3.25. The van der Waals surface area contributed by atoms with E-state index in [2.05, 4.69) is 0 Å². The summed E-state index contributed by atoms with van der Waals surface area (Å²) >= 11 is 0. The minimum atomic E-state index is -3.96. The van der Waals surface area contributed by atoms with Crippen LogP contribution in [0.25, 0.3) is 0 Å². The highest BCUT2D eigenvalue weighted by Crippen LogP contribution is 2.34. The Morgan fingerprint density at radius 3 is 2.30 bits per heavy atom. The Balaban J connectivity index is 1.59. The van der Waals surface area contributed by atoms with Crippen molar-refractivity contribution in [2.24, 2.45) is 0 Å². The highest BCUT2D eigenvalue weighted by atomic mass is 32.2. The first kappa shape index (κ1) is 19.5. The number of ether oxygens (including phenoxy) is 1. The molecule has 0 amide bonds. The van der Waals surface area contributed by atoms with Crippen LogP contribution in [0.4, 0.5) is 5.69 Å². The maximum Gasteiger partial charge on any atom is 0.338 e. The Labute approximate surface area is 170 Å². The van der Waals surface area contributed by atoms with Gasteiger partial charge >= 0.3 is 5.97 Å². The number of hydrogen-bond donors (Lipinski definition) is 0. The van der Waals surface area contributed by atoms with Crippen molar-refractivity contribution in [3.05, 3.63) is 99.1 Å². The van der Waals surface area contributed by atoms with Crippen LogP contribution in [0.5, 0.6) is 0 Å². The van der Waals surface area contributed by atoms with Crippen LogP contribution < -0.4 is 0 Å². The topological polar surface area (TPSA) is 121 Å². The molecule has 3 aromatic rings. The molecule has 0 radical (unpaired) electrons. The van der Waals surface area contributed by atoms with Crippen molar-refractivity contribution in [3.8, 4) is 0 Å². The van der Waals surface area contributed by atoms with E-state index in [1.165, 1.54) is 54.6 Å². The molecule has 8 nitrogen and oxygen atoms in total. The number of nitro groups is 1. The Morgan fingerprint density at radius 1 is 0.933 bits per heavy atom. The first-order valence-corrected chi connectivity index (χ1v) is 10.2. The molecule has 0 aliphatic carbocycles. The van der Waals surface area contributed by atoms with Crippen LogP contribution in [0.2, 0.25) is 0 Å². The summed E-state index contributed by atoms with van der Waals surface area (Å²) in [6.07, 6.45) is 0. The monoisotopic (exact) mass is 423 g/mol. The molecule has 1 aliphatic heterocycles. The Kier molecular flexibility index (Phi) is 4.67. The lowest BCUT2D eigenvalue weighted by Gasteiger charge is -2.19. The molecule has 30 heavy (non-hydrogen) atoms. The Hall–Kier alpha value is -3.85. The second kappa shape index (κ2) is 7.20. The quantitative estimate of drug-likeness (QED) is 0.280. The lowest BCUT2D eigenvalue weighted by molar-refractivity contribution is -0.384. The van der Waals surface area contributed by atoms with Crippen molar-refractivity contribution in [3.63, 3.8) is 0 Å². The standard InChI is InChI=1S/C21H13NO7S/c23-20-16-3-1-2-4-18(16)30(27,28)19-11-14(7-10-17(19)20)21(24)29-12-13-5-8-15(9-6-13)22(25)26/h1-11H,12H2. The molecule has 4 rings (SSSR count). The van der Waals surface area contributed by atoms with Gasteiger partial charge in [0.1, 0.15) is 6.61 Å². The maximum atomic E-state index is 12.9. The molecular weight excluding hydrogens is 410 g/mol. The van der Waals surface area contributed by atoms with Gasteiger partial charge in [-0.3, -0.25) is 14.9 Å². The lowest BCUT2D eigenvalue weighted by Crippen LogP contribution is -2.21. The van der Waals surface area contributed by atoms with E-state index < -0.39 is 26.5 Å². The third-order valence-corrected chi connectivity index (χ3v) is 6.54. The molecule has 0 saturated carbocycles. The fourth-order valence-corrected chi connectivity index (χ4v) is 4.83. The normalized spacial score (nSPS) is 13.8. The van der Waals surface area contributed by atoms with Crippen LogP contribution in [-0.4, -0.2) is 25.1 Å². The number of sulfone groups is 1. The SMILES string of the molecule is O=C(OCc1ccc([N+](=O)[O-])cc1)c1ccc2c(c1)S(=O)(=O)c1ccccc1C2=O. The molecule has 0 N–H and O–H groups in total. The molecule has 3 aromatic carbocycles. The third-order valence-electron chi connectivity index (χ3n) is 4.69. The molecule has 1 heterocycles. The fourth-order valence-electron chi connectivity index (χ4n) is 3.16. The second-order valence-corrected chi connectivity index (χ2v) is 8.43. The van der Waals surface area contributed by atoms with Crippen LogP contribution in [0.1, 0.15) is 31.8 Å². The van der Waals surface area contributed by atoms with Crippen LogP contribution in [0.15, 0.2) is 76.5 Å². The van der Waals surface area contributed by atoms with E-state index in [0.29, 0.717) is 5.56 Å². The van der Waals surface area contributed by atoms with E-state index in [1.807, 2.05) is 0 Å². The van der Waals surface area contributed by atoms with Gasteiger partial charge in [-0.15, -0.1) is 0 Å². The predicted octanol–water partition coefficient (Wildman–Crippen LogP) is 3.33. The number of rotatable bonds is 4. The molecule has 0 spiro atoms. The number of non-ortho nitro benzene ring substituents is 1. The van der Waals surface area contributed by atoms with E-state index in [0.717, 1.165) is 6.07 Å². The van der Waals surface area contributed by atoms with E-state index in [4.69, 9.17) is 4.74 Å². The van der Waals surface area contributed by atoms with Gasteiger partial charge in [-0.2, -0.15) is 0 Å². The Morgan fingerprint density at radius 2 is 1.60 bits per heavy atom. The number of carbonyl (C=O) groups excluding carboxylic acids is 2. The molecular formula is C21H13NO7S. The summed E-state index contributed by atoms with van der Waals surface area (Å²) in [5.41, 5.74) is 0.518. The molecule has 0 atom stereocenters. The van der Waals surface area contributed by atoms with E-state index in [9.17, 15) is 28.1 Å². The van der Waals surface area contributed by atoms with Gasteiger partial charge in [0.05, 0.1) is 20.3 Å². The largest absolute Gasteiger partial charge is 0.457 e. The summed E-state index contributed by atoms with van der Waals surface area (Å²) in [5, 5.41) is 10.7. The van der Waals surface area contributed by atoms with Crippen LogP contribution >= 0.6 is 0 Å². The summed E-state index contributed by atoms with van der Waals surface area (Å²) in [4.78, 5) is 34.8. The summed E-state index contributed by atoms with van der Waals surface area (Å²) < 4.78 is 31.0. The highest BCUT2D eigenvalue weighted by Gasteiger charge is 2.35. The molecule has 0 bridgehead atoms. The molecule has 9 heteroatoms. The number of carbonyl (C=O) groups is 2. The highest BCUT2D eigenvalue weighted by molar-refractivity contribution is 7.91. The van der Waals surface area contributed by atoms with Gasteiger partial charge in [-0.05, 0) is 48.0 Å². The van der Waals surface area contributed by atoms with Gasteiger partial charge in [0.2, 0.25) is 9.84 Å². The zero-order chi connectivity index (χ0) is 21.5. The Bertz CT molecular complexity index is 1310. The van der Waals surface area contributed by atoms with Crippen molar-refractivity contribution in [1.82, 2.24) is 0 Å². The summed E-state index contributed by atoms with van der Waals surface area (Å²) in [5.74, 6) is -1.21. The van der Waals surface area contributed by atoms with Crippen molar-refractivity contribution in [2.75, 3.05) is 0 Å². The number of nitrogens with zero attached hydrogens (tertiary/aromatic N) is 1. The molecule has 0 unspecified atom stereocenters. The fraction of sp³-hybridized carbons (Fsp3) is 0.0476. The number of ketones is 1. The lowest BCUT2D eigenvalue weighted by atomic mass is 10.0. The molecule has 150 valence electrons. The second-order valence-electron chi connectivity index (χ2n) is 6.54. The molecule has 0 aromatic heterocycles. The minimum absolute atomic E-state index is 0.000573. The first-order valence-electron chi connectivity index (χ1n) is 8.72. The average Bonchev–Trinajstić information content (AvgIpc) is 2.76. The van der Waals surface area contributed by atoms with E-state index in [-0.39, 0.29) is 38.8 Å². The van der Waals surface area contributed by atoms with Crippen molar-refractivity contribution in [1.29, 1.82) is 0 Å². The summed E-state index contributed by atoms with van der Waals surface area (Å²) in [7, 11) is -3.96. The summed E-state index contributed by atoms with van der Waals surface area (Å²) in [6.45, 7) is -0.150. The van der Waals surface area contributed by atoms with Gasteiger partial charge in [0.15, 0.2) is 5.78 Å². The average molecular weight is 423 g/mol. The first-order chi connectivity index (χ1) is 14.3. The van der Waals surface area contributed by atoms with Crippen LogP contribution in [0.3, 0.4) is 0 Å². The zero-order valence-electron chi connectivity index (χ0n) is 15.3. The minimum Gasteiger partial charge on any atom is -0.457 e. The number of nitro benzene ring substituents is 1. The van der Waals surface area contributed by atoms with Crippen molar-refractivity contribution in [2.45, 2.75) is 16.4 Å². The van der Waals surface area contributed by atoms with Crippen molar-refractivity contribution < 1.29 is 27.7 Å². The van der Waals surface area contributed by atoms with E-state index >= 15 is 0 Å². The van der Waals surface area contributed by atoms with Gasteiger partial charge in [-0.25, -0.2) is 13.2 Å². The smallest absolute Gasteiger partial charge is 0.338 e. The van der Waals surface area contributed by atoms with E-state index in [1.54, 1.807) is 6.07 Å². The van der Waals surface area contributed by atoms with Gasteiger partial charge in [0, 0.05) is 23.3 Å². The van der Waals surface area contributed by atoms with Crippen LogP contribution in [-0.2, 0) is 21.2 Å².